The molecule has 96 valence electrons. The van der Waals surface area contributed by atoms with E-state index >= 15 is 0 Å². The van der Waals surface area contributed by atoms with Crippen molar-refractivity contribution in [3.05, 3.63) is 46.2 Å². The number of nitrogens with one attached hydrogen (secondary N) is 1. The van der Waals surface area contributed by atoms with Crippen LogP contribution in [0.3, 0.4) is 0 Å². The van der Waals surface area contributed by atoms with Gasteiger partial charge in [0.05, 0.1) is 16.6 Å². The van der Waals surface area contributed by atoms with Crippen molar-refractivity contribution in [3.8, 4) is 0 Å². The highest BCUT2D eigenvalue weighted by atomic mass is 32.1. The SMILES string of the molecule is CNC(c1ccc(F)cc1)c1snnc1C(C)C. The van der Waals surface area contributed by atoms with E-state index < -0.39 is 0 Å². The molecule has 0 amide bonds. The summed E-state index contributed by atoms with van der Waals surface area (Å²) in [5, 5.41) is 7.43. The Labute approximate surface area is 110 Å². The third-order valence-electron chi connectivity index (χ3n) is 2.84. The largest absolute Gasteiger partial charge is 0.309 e. The average Bonchev–Trinajstić information content (AvgIpc) is 2.82. The van der Waals surface area contributed by atoms with Crippen LogP contribution < -0.4 is 5.32 Å². The second kappa shape index (κ2) is 5.54. The summed E-state index contributed by atoms with van der Waals surface area (Å²) in [5.74, 6) is 0.107. The van der Waals surface area contributed by atoms with Gasteiger partial charge in [-0.3, -0.25) is 0 Å². The summed E-state index contributed by atoms with van der Waals surface area (Å²) in [6.07, 6.45) is 0. The third-order valence-corrected chi connectivity index (χ3v) is 3.65. The Bertz CT molecular complexity index is 507. The number of benzene rings is 1. The van der Waals surface area contributed by atoms with Crippen molar-refractivity contribution in [1.82, 2.24) is 14.9 Å². The number of halogens is 1. The molecule has 0 fully saturated rings. The predicted molar refractivity (Wildman–Crippen MR) is 71.3 cm³/mol. The lowest BCUT2D eigenvalue weighted by Gasteiger charge is -2.16. The van der Waals surface area contributed by atoms with Crippen molar-refractivity contribution >= 4 is 11.5 Å². The van der Waals surface area contributed by atoms with Crippen LogP contribution in [0.5, 0.6) is 0 Å². The van der Waals surface area contributed by atoms with Crippen LogP contribution in [-0.4, -0.2) is 16.6 Å². The molecule has 0 spiro atoms. The van der Waals surface area contributed by atoms with Gasteiger partial charge in [0.2, 0.25) is 0 Å². The molecule has 0 aliphatic heterocycles. The topological polar surface area (TPSA) is 37.8 Å². The Morgan fingerprint density at radius 1 is 1.22 bits per heavy atom. The zero-order valence-electron chi connectivity index (χ0n) is 10.6. The van der Waals surface area contributed by atoms with Gasteiger partial charge in [-0.1, -0.05) is 30.5 Å². The average molecular weight is 265 g/mol. The molecule has 5 heteroatoms. The van der Waals surface area contributed by atoms with Crippen LogP contribution in [0.4, 0.5) is 4.39 Å². The highest BCUT2D eigenvalue weighted by molar-refractivity contribution is 7.05. The first-order chi connectivity index (χ1) is 8.63. The van der Waals surface area contributed by atoms with Gasteiger partial charge in [-0.15, -0.1) is 5.10 Å². The molecule has 1 atom stereocenters. The van der Waals surface area contributed by atoms with Crippen LogP contribution >= 0.6 is 11.5 Å². The lowest BCUT2D eigenvalue weighted by Crippen LogP contribution is -2.18. The standard InChI is InChI=1S/C13H16FN3S/c1-8(2)11-13(18-17-16-11)12(15-3)9-4-6-10(14)7-5-9/h4-8,12,15H,1-3H3. The quantitative estimate of drug-likeness (QED) is 0.923. The molecule has 1 N–H and O–H groups in total. The summed E-state index contributed by atoms with van der Waals surface area (Å²) in [7, 11) is 1.89. The molecule has 0 saturated carbocycles. The number of rotatable bonds is 4. The van der Waals surface area contributed by atoms with Gasteiger partial charge in [-0.25, -0.2) is 4.39 Å². The maximum atomic E-state index is 13.0. The predicted octanol–water partition coefficient (Wildman–Crippen LogP) is 3.11. The normalized spacial score (nSPS) is 12.9. The summed E-state index contributed by atoms with van der Waals surface area (Å²) in [6, 6.07) is 6.55. The van der Waals surface area contributed by atoms with Crippen molar-refractivity contribution in [2.75, 3.05) is 7.05 Å². The van der Waals surface area contributed by atoms with Crippen LogP contribution in [0.2, 0.25) is 0 Å². The van der Waals surface area contributed by atoms with E-state index in [0.717, 1.165) is 16.1 Å². The van der Waals surface area contributed by atoms with Crippen LogP contribution in [0.25, 0.3) is 0 Å². The number of hydrogen-bond donors (Lipinski definition) is 1. The summed E-state index contributed by atoms with van der Waals surface area (Å²) in [5.41, 5.74) is 2.02. The second-order valence-electron chi connectivity index (χ2n) is 4.45. The minimum Gasteiger partial charge on any atom is -0.309 e. The lowest BCUT2D eigenvalue weighted by molar-refractivity contribution is 0.623. The molecule has 0 radical (unpaired) electrons. The van der Waals surface area contributed by atoms with Crippen LogP contribution in [-0.2, 0) is 0 Å². The van der Waals surface area contributed by atoms with Crippen molar-refractivity contribution in [3.63, 3.8) is 0 Å². The zero-order valence-corrected chi connectivity index (χ0v) is 11.5. The highest BCUT2D eigenvalue weighted by Gasteiger charge is 2.21. The zero-order chi connectivity index (χ0) is 13.1. The molecule has 1 unspecified atom stereocenters. The van der Waals surface area contributed by atoms with Crippen LogP contribution in [0, 0.1) is 5.82 Å². The fraction of sp³-hybridized carbons (Fsp3) is 0.385. The van der Waals surface area contributed by atoms with E-state index in [2.05, 4.69) is 28.8 Å². The van der Waals surface area contributed by atoms with E-state index in [0.29, 0.717) is 5.92 Å². The van der Waals surface area contributed by atoms with Gasteiger partial charge in [-0.2, -0.15) is 0 Å². The molecule has 0 bridgehead atoms. The van der Waals surface area contributed by atoms with E-state index in [1.165, 1.54) is 23.7 Å². The van der Waals surface area contributed by atoms with E-state index in [4.69, 9.17) is 0 Å². The minimum absolute atomic E-state index is 0.0167. The number of hydrogen-bond acceptors (Lipinski definition) is 4. The monoisotopic (exact) mass is 265 g/mol. The molecule has 1 heterocycles. The van der Waals surface area contributed by atoms with Gasteiger partial charge < -0.3 is 5.32 Å². The third kappa shape index (κ3) is 2.57. The summed E-state index contributed by atoms with van der Waals surface area (Å²) >= 11 is 1.39. The van der Waals surface area contributed by atoms with E-state index in [9.17, 15) is 4.39 Å². The Morgan fingerprint density at radius 2 is 1.89 bits per heavy atom. The fourth-order valence-corrected chi connectivity index (χ4v) is 2.86. The second-order valence-corrected chi connectivity index (χ2v) is 5.24. The first-order valence-electron chi connectivity index (χ1n) is 5.88. The van der Waals surface area contributed by atoms with Gasteiger partial charge in [-0.05, 0) is 42.2 Å². The molecule has 3 nitrogen and oxygen atoms in total. The van der Waals surface area contributed by atoms with Crippen molar-refractivity contribution in [2.45, 2.75) is 25.8 Å². The van der Waals surface area contributed by atoms with Crippen LogP contribution in [0.1, 0.15) is 41.9 Å². The molecule has 1 aromatic carbocycles. The highest BCUT2D eigenvalue weighted by Crippen LogP contribution is 2.30. The van der Waals surface area contributed by atoms with Crippen molar-refractivity contribution in [1.29, 1.82) is 0 Å². The first kappa shape index (κ1) is 13.1. The van der Waals surface area contributed by atoms with Crippen LogP contribution in [0.15, 0.2) is 24.3 Å². The summed E-state index contributed by atoms with van der Waals surface area (Å²) in [4.78, 5) is 1.10. The molecular weight excluding hydrogens is 249 g/mol. The Morgan fingerprint density at radius 3 is 2.44 bits per heavy atom. The smallest absolute Gasteiger partial charge is 0.123 e. The Balaban J connectivity index is 2.39. The summed E-state index contributed by atoms with van der Waals surface area (Å²) in [6.45, 7) is 4.19. The molecule has 1 aromatic heterocycles. The Kier molecular flexibility index (Phi) is 4.04. The van der Waals surface area contributed by atoms with Gasteiger partial charge in [0.25, 0.3) is 0 Å². The molecule has 18 heavy (non-hydrogen) atoms. The number of nitrogens with zero attached hydrogens (tertiary/aromatic N) is 2. The van der Waals surface area contributed by atoms with Gasteiger partial charge >= 0.3 is 0 Å². The van der Waals surface area contributed by atoms with E-state index in [-0.39, 0.29) is 11.9 Å². The van der Waals surface area contributed by atoms with Gasteiger partial charge in [0.1, 0.15) is 5.82 Å². The number of aromatic nitrogens is 2. The molecular formula is C13H16FN3S. The van der Waals surface area contributed by atoms with Gasteiger partial charge in [0, 0.05) is 0 Å². The Hall–Kier alpha value is -1.33. The maximum absolute atomic E-state index is 13.0. The molecule has 2 rings (SSSR count). The summed E-state index contributed by atoms with van der Waals surface area (Å²) < 4.78 is 17.0. The van der Waals surface area contributed by atoms with E-state index in [1.54, 1.807) is 12.1 Å². The minimum atomic E-state index is -0.222. The molecule has 0 saturated heterocycles. The molecule has 0 aliphatic carbocycles. The lowest BCUT2D eigenvalue weighted by atomic mass is 10.0. The molecule has 0 aliphatic rings. The van der Waals surface area contributed by atoms with Crippen molar-refractivity contribution < 1.29 is 4.39 Å². The molecule has 2 aromatic rings. The fourth-order valence-electron chi connectivity index (χ4n) is 1.91. The maximum Gasteiger partial charge on any atom is 0.123 e. The first-order valence-corrected chi connectivity index (χ1v) is 6.65. The van der Waals surface area contributed by atoms with Gasteiger partial charge in [0.15, 0.2) is 0 Å². The van der Waals surface area contributed by atoms with E-state index in [1.807, 2.05) is 7.05 Å². The van der Waals surface area contributed by atoms with Crippen molar-refractivity contribution in [2.24, 2.45) is 0 Å².